The van der Waals surface area contributed by atoms with E-state index >= 15 is 0 Å². The minimum atomic E-state index is -3.07. The number of halogens is 2. The molecular weight excluding hydrogens is 174 g/mol. The molecule has 66 valence electrons. The van der Waals surface area contributed by atoms with Crippen molar-refractivity contribution in [2.24, 2.45) is 0 Å². The number of aromatic hydroxyl groups is 2. The van der Waals surface area contributed by atoms with Crippen LogP contribution in [-0.2, 0) is 0 Å². The molecule has 0 spiro atoms. The molecule has 1 aromatic heterocycles. The van der Waals surface area contributed by atoms with E-state index in [0.29, 0.717) is 0 Å². The molecule has 0 atom stereocenters. The van der Waals surface area contributed by atoms with Gasteiger partial charge in [0.2, 0.25) is 5.75 Å². The predicted molar refractivity (Wildman–Crippen MR) is 32.0 cm³/mol. The first-order valence-electron chi connectivity index (χ1n) is 2.79. The van der Waals surface area contributed by atoms with Crippen LogP contribution in [0.15, 0.2) is 6.20 Å². The van der Waals surface area contributed by atoms with Crippen molar-refractivity contribution in [2.75, 3.05) is 0 Å². The molecule has 0 aliphatic rings. The van der Waals surface area contributed by atoms with E-state index in [1.807, 2.05) is 0 Å². The Morgan fingerprint density at radius 1 is 1.42 bits per heavy atom. The topological polar surface area (TPSA) is 75.5 Å². The largest absolute Gasteiger partial charge is 0.490 e. The average Bonchev–Trinajstić information content (AvgIpc) is 1.94. The fourth-order valence-corrected chi connectivity index (χ4v) is 0.532. The van der Waals surface area contributed by atoms with Crippen LogP contribution in [0.4, 0.5) is 8.78 Å². The van der Waals surface area contributed by atoms with Crippen LogP contribution >= 0.6 is 0 Å². The van der Waals surface area contributed by atoms with Crippen LogP contribution in [0.3, 0.4) is 0 Å². The van der Waals surface area contributed by atoms with Crippen LogP contribution in [0.5, 0.6) is 17.6 Å². The van der Waals surface area contributed by atoms with Crippen molar-refractivity contribution in [3.63, 3.8) is 0 Å². The van der Waals surface area contributed by atoms with Crippen molar-refractivity contribution in [3.8, 4) is 17.6 Å². The third-order valence-electron chi connectivity index (χ3n) is 0.940. The Morgan fingerprint density at radius 3 is 2.58 bits per heavy atom. The van der Waals surface area contributed by atoms with Crippen molar-refractivity contribution < 1.29 is 23.7 Å². The Morgan fingerprint density at radius 2 is 2.08 bits per heavy atom. The van der Waals surface area contributed by atoms with Gasteiger partial charge in [0, 0.05) is 0 Å². The van der Waals surface area contributed by atoms with Crippen molar-refractivity contribution in [2.45, 2.75) is 6.61 Å². The molecule has 0 saturated heterocycles. The Labute approximate surface area is 65.3 Å². The molecule has 7 heteroatoms. The molecule has 0 aliphatic carbocycles. The summed E-state index contributed by atoms with van der Waals surface area (Å²) in [4.78, 5) is 6.09. The van der Waals surface area contributed by atoms with Gasteiger partial charge in [-0.25, -0.2) is 0 Å². The van der Waals surface area contributed by atoms with Gasteiger partial charge in [0.25, 0.3) is 5.88 Å². The molecule has 2 N–H and O–H groups in total. The molecule has 0 unspecified atom stereocenters. The van der Waals surface area contributed by atoms with Crippen LogP contribution in [0.25, 0.3) is 0 Å². The van der Waals surface area contributed by atoms with Gasteiger partial charge in [-0.05, 0) is 0 Å². The average molecular weight is 178 g/mol. The number of ether oxygens (including phenoxy) is 1. The standard InChI is InChI=1S/C5H4F2N2O3/c6-4(7)12-2-1-8-5(11)9-3(2)10/h1,4H,(H2,8,9,10,11). The summed E-state index contributed by atoms with van der Waals surface area (Å²) in [5.41, 5.74) is 0. The summed E-state index contributed by atoms with van der Waals surface area (Å²) >= 11 is 0. The first-order chi connectivity index (χ1) is 5.59. The van der Waals surface area contributed by atoms with E-state index < -0.39 is 24.3 Å². The highest BCUT2D eigenvalue weighted by Crippen LogP contribution is 2.24. The van der Waals surface area contributed by atoms with E-state index in [2.05, 4.69) is 14.7 Å². The molecule has 0 amide bonds. The van der Waals surface area contributed by atoms with Gasteiger partial charge in [-0.2, -0.15) is 18.7 Å². The summed E-state index contributed by atoms with van der Waals surface area (Å²) in [5, 5.41) is 17.3. The maximum atomic E-state index is 11.5. The van der Waals surface area contributed by atoms with E-state index in [1.165, 1.54) is 0 Å². The molecule has 0 aromatic carbocycles. The number of hydrogen-bond acceptors (Lipinski definition) is 5. The quantitative estimate of drug-likeness (QED) is 0.689. The molecule has 12 heavy (non-hydrogen) atoms. The molecule has 1 aromatic rings. The summed E-state index contributed by atoms with van der Waals surface area (Å²) in [5.74, 6) is -1.41. The second-order valence-electron chi connectivity index (χ2n) is 1.74. The third-order valence-corrected chi connectivity index (χ3v) is 0.940. The van der Waals surface area contributed by atoms with E-state index in [9.17, 15) is 8.78 Å². The smallest absolute Gasteiger partial charge is 0.387 e. The molecule has 1 heterocycles. The van der Waals surface area contributed by atoms with Gasteiger partial charge in [-0.15, -0.1) is 0 Å². The Balaban J connectivity index is 2.86. The number of alkyl halides is 2. The van der Waals surface area contributed by atoms with Gasteiger partial charge in [-0.1, -0.05) is 0 Å². The van der Waals surface area contributed by atoms with E-state index in [1.54, 1.807) is 0 Å². The van der Waals surface area contributed by atoms with Crippen molar-refractivity contribution >= 4 is 0 Å². The fourth-order valence-electron chi connectivity index (χ4n) is 0.532. The summed E-state index contributed by atoms with van der Waals surface area (Å²) in [6, 6.07) is -0.714. The lowest BCUT2D eigenvalue weighted by atomic mass is 10.6. The lowest BCUT2D eigenvalue weighted by molar-refractivity contribution is -0.0519. The summed E-state index contributed by atoms with van der Waals surface area (Å²) in [6.07, 6.45) is 0.740. The maximum Gasteiger partial charge on any atom is 0.387 e. The normalized spacial score (nSPS) is 10.2. The summed E-state index contributed by atoms with van der Waals surface area (Å²) in [7, 11) is 0. The van der Waals surface area contributed by atoms with Gasteiger partial charge in [0.1, 0.15) is 0 Å². The second kappa shape index (κ2) is 3.16. The van der Waals surface area contributed by atoms with E-state index in [-0.39, 0.29) is 0 Å². The lowest BCUT2D eigenvalue weighted by Crippen LogP contribution is -2.02. The SMILES string of the molecule is Oc1ncc(OC(F)F)c(O)n1. The number of nitrogens with zero attached hydrogens (tertiary/aromatic N) is 2. The van der Waals surface area contributed by atoms with Gasteiger partial charge in [-0.3, -0.25) is 0 Å². The molecule has 0 aliphatic heterocycles. The molecule has 0 radical (unpaired) electrons. The van der Waals surface area contributed by atoms with Crippen LogP contribution in [0.1, 0.15) is 0 Å². The van der Waals surface area contributed by atoms with Gasteiger partial charge < -0.3 is 14.9 Å². The molecule has 0 fully saturated rings. The molecule has 0 saturated carbocycles. The zero-order valence-electron chi connectivity index (χ0n) is 5.61. The lowest BCUT2D eigenvalue weighted by Gasteiger charge is -2.03. The van der Waals surface area contributed by atoms with Crippen LogP contribution in [0, 0.1) is 0 Å². The minimum absolute atomic E-state index is 0.581. The number of rotatable bonds is 2. The number of aromatic nitrogens is 2. The van der Waals surface area contributed by atoms with Gasteiger partial charge in [0.05, 0.1) is 6.20 Å². The first-order valence-corrected chi connectivity index (χ1v) is 2.79. The van der Waals surface area contributed by atoms with E-state index in [0.717, 1.165) is 6.20 Å². The predicted octanol–water partition coefficient (Wildman–Crippen LogP) is 0.489. The summed E-state index contributed by atoms with van der Waals surface area (Å²) < 4.78 is 26.9. The zero-order valence-corrected chi connectivity index (χ0v) is 5.61. The summed E-state index contributed by atoms with van der Waals surface area (Å²) in [6.45, 7) is -3.07. The highest BCUT2D eigenvalue weighted by Gasteiger charge is 2.11. The third kappa shape index (κ3) is 1.91. The minimum Gasteiger partial charge on any atom is -0.490 e. The Kier molecular flexibility index (Phi) is 2.22. The monoisotopic (exact) mass is 178 g/mol. The van der Waals surface area contributed by atoms with E-state index in [4.69, 9.17) is 10.2 Å². The van der Waals surface area contributed by atoms with Crippen molar-refractivity contribution in [3.05, 3.63) is 6.20 Å². The number of hydrogen-bond donors (Lipinski definition) is 2. The fraction of sp³-hybridized carbons (Fsp3) is 0.200. The first kappa shape index (κ1) is 8.44. The highest BCUT2D eigenvalue weighted by molar-refractivity contribution is 5.30. The molecule has 1 rings (SSSR count). The van der Waals surface area contributed by atoms with Crippen LogP contribution in [-0.4, -0.2) is 26.8 Å². The van der Waals surface area contributed by atoms with Gasteiger partial charge >= 0.3 is 12.6 Å². The maximum absolute atomic E-state index is 11.5. The van der Waals surface area contributed by atoms with Crippen molar-refractivity contribution in [1.29, 1.82) is 0 Å². The van der Waals surface area contributed by atoms with Crippen molar-refractivity contribution in [1.82, 2.24) is 9.97 Å². The molecule has 0 bridgehead atoms. The second-order valence-corrected chi connectivity index (χ2v) is 1.74. The Bertz CT molecular complexity index is 281. The molecular formula is C5H4F2N2O3. The van der Waals surface area contributed by atoms with Crippen LogP contribution < -0.4 is 4.74 Å². The highest BCUT2D eigenvalue weighted by atomic mass is 19.3. The zero-order chi connectivity index (χ0) is 9.14. The molecule has 5 nitrogen and oxygen atoms in total. The van der Waals surface area contributed by atoms with Gasteiger partial charge in [0.15, 0.2) is 0 Å². The van der Waals surface area contributed by atoms with Crippen LogP contribution in [0.2, 0.25) is 0 Å². The Hall–Kier alpha value is -1.66.